The fraction of sp³-hybridized carbons (Fsp3) is 0.143. The molecular weight excluding hydrogens is 244 g/mol. The number of nitrogens with two attached hydrogens (primary N) is 1. The van der Waals surface area contributed by atoms with E-state index in [-0.39, 0.29) is 11.3 Å². The number of primary amides is 1. The first kappa shape index (κ1) is 12.9. The fourth-order valence-electron chi connectivity index (χ4n) is 1.81. The van der Waals surface area contributed by atoms with Gasteiger partial charge in [-0.2, -0.15) is 0 Å². The number of nitrogens with zero attached hydrogens (tertiary/aromatic N) is 1. The molecule has 0 saturated heterocycles. The van der Waals surface area contributed by atoms with Gasteiger partial charge in [0.1, 0.15) is 11.3 Å². The Kier molecular flexibility index (Phi) is 3.66. The van der Waals surface area contributed by atoms with Crippen LogP contribution in [0.1, 0.15) is 17.3 Å². The van der Waals surface area contributed by atoms with Crippen LogP contribution in [-0.4, -0.2) is 17.1 Å². The van der Waals surface area contributed by atoms with E-state index in [0.717, 1.165) is 0 Å². The van der Waals surface area contributed by atoms with E-state index < -0.39 is 11.5 Å². The van der Waals surface area contributed by atoms with Gasteiger partial charge in [0.2, 0.25) is 0 Å². The Morgan fingerprint density at radius 2 is 1.95 bits per heavy atom. The van der Waals surface area contributed by atoms with Crippen molar-refractivity contribution in [2.24, 2.45) is 5.73 Å². The van der Waals surface area contributed by atoms with Crippen LogP contribution >= 0.6 is 0 Å². The van der Waals surface area contributed by atoms with Crippen molar-refractivity contribution in [3.05, 3.63) is 58.5 Å². The highest BCUT2D eigenvalue weighted by molar-refractivity contribution is 5.95. The molecule has 1 aromatic heterocycles. The van der Waals surface area contributed by atoms with Crippen LogP contribution in [0.15, 0.2) is 47.4 Å². The van der Waals surface area contributed by atoms with Gasteiger partial charge in [0.25, 0.3) is 11.5 Å². The van der Waals surface area contributed by atoms with E-state index in [4.69, 9.17) is 10.5 Å². The molecule has 19 heavy (non-hydrogen) atoms. The zero-order valence-corrected chi connectivity index (χ0v) is 10.5. The van der Waals surface area contributed by atoms with Gasteiger partial charge < -0.3 is 10.5 Å². The number of carbonyl (C=O) groups excluding carboxylic acids is 1. The predicted octanol–water partition coefficient (Wildman–Crippen LogP) is 1.34. The summed E-state index contributed by atoms with van der Waals surface area (Å²) in [4.78, 5) is 23.7. The van der Waals surface area contributed by atoms with Crippen LogP contribution in [0.2, 0.25) is 0 Å². The molecule has 2 rings (SSSR count). The number of ether oxygens (including phenoxy) is 1. The lowest BCUT2D eigenvalue weighted by Gasteiger charge is -2.11. The highest BCUT2D eigenvalue weighted by atomic mass is 16.5. The van der Waals surface area contributed by atoms with Gasteiger partial charge in [-0.05, 0) is 25.1 Å². The summed E-state index contributed by atoms with van der Waals surface area (Å²) in [6, 6.07) is 10.6. The van der Waals surface area contributed by atoms with E-state index in [9.17, 15) is 9.59 Å². The molecule has 1 heterocycles. The van der Waals surface area contributed by atoms with Gasteiger partial charge in [-0.15, -0.1) is 0 Å². The van der Waals surface area contributed by atoms with Crippen LogP contribution in [-0.2, 0) is 0 Å². The van der Waals surface area contributed by atoms with Crippen LogP contribution in [0.25, 0.3) is 5.69 Å². The lowest BCUT2D eigenvalue weighted by Crippen LogP contribution is -2.29. The van der Waals surface area contributed by atoms with Gasteiger partial charge in [0.15, 0.2) is 0 Å². The molecule has 5 nitrogen and oxygen atoms in total. The summed E-state index contributed by atoms with van der Waals surface area (Å²) in [5, 5.41) is 0. The minimum atomic E-state index is -0.793. The summed E-state index contributed by atoms with van der Waals surface area (Å²) in [7, 11) is 0. The van der Waals surface area contributed by atoms with Gasteiger partial charge in [-0.1, -0.05) is 18.2 Å². The number of carbonyl (C=O) groups is 1. The molecule has 1 aromatic carbocycles. The summed E-state index contributed by atoms with van der Waals surface area (Å²) in [5.41, 5.74) is 5.31. The first-order valence-corrected chi connectivity index (χ1v) is 5.88. The monoisotopic (exact) mass is 258 g/mol. The first-order valence-electron chi connectivity index (χ1n) is 5.88. The molecule has 0 unspecified atom stereocenters. The van der Waals surface area contributed by atoms with Gasteiger partial charge >= 0.3 is 0 Å². The molecule has 0 spiro atoms. The number of rotatable bonds is 4. The topological polar surface area (TPSA) is 74.3 Å². The Morgan fingerprint density at radius 3 is 2.53 bits per heavy atom. The molecule has 0 radical (unpaired) electrons. The number of amides is 1. The Labute approximate surface area is 110 Å². The Hall–Kier alpha value is -2.56. The van der Waals surface area contributed by atoms with E-state index in [0.29, 0.717) is 12.3 Å². The summed E-state index contributed by atoms with van der Waals surface area (Å²) >= 11 is 0. The van der Waals surface area contributed by atoms with Gasteiger partial charge in [0.05, 0.1) is 6.61 Å². The normalized spacial score (nSPS) is 10.2. The molecule has 0 aliphatic heterocycles. The minimum Gasteiger partial charge on any atom is -0.493 e. The van der Waals surface area contributed by atoms with Crippen molar-refractivity contribution >= 4 is 5.91 Å². The third-order valence-electron chi connectivity index (χ3n) is 2.63. The molecule has 2 N–H and O–H groups in total. The molecule has 0 aliphatic rings. The second-order valence-electron chi connectivity index (χ2n) is 3.86. The van der Waals surface area contributed by atoms with Crippen LogP contribution in [0.5, 0.6) is 5.75 Å². The van der Waals surface area contributed by atoms with Crippen molar-refractivity contribution in [1.29, 1.82) is 0 Å². The zero-order chi connectivity index (χ0) is 13.8. The zero-order valence-electron chi connectivity index (χ0n) is 10.5. The number of para-hydroxylation sites is 1. The number of aromatic nitrogens is 1. The third-order valence-corrected chi connectivity index (χ3v) is 2.63. The Balaban J connectivity index is 2.64. The average Bonchev–Trinajstić information content (AvgIpc) is 2.40. The largest absolute Gasteiger partial charge is 0.493 e. The van der Waals surface area contributed by atoms with E-state index in [2.05, 4.69) is 0 Å². The predicted molar refractivity (Wildman–Crippen MR) is 71.7 cm³/mol. The van der Waals surface area contributed by atoms with E-state index >= 15 is 0 Å². The number of hydrogen-bond acceptors (Lipinski definition) is 3. The highest BCUT2D eigenvalue weighted by Gasteiger charge is 2.16. The van der Waals surface area contributed by atoms with Crippen molar-refractivity contribution in [2.45, 2.75) is 6.92 Å². The molecule has 2 aromatic rings. The Bertz CT molecular complexity index is 647. The SMILES string of the molecule is CCOc1ccn(-c2ccccc2)c(=O)c1C(N)=O. The molecule has 98 valence electrons. The lowest BCUT2D eigenvalue weighted by atomic mass is 10.2. The fourth-order valence-corrected chi connectivity index (χ4v) is 1.81. The molecule has 5 heteroatoms. The quantitative estimate of drug-likeness (QED) is 0.899. The summed E-state index contributed by atoms with van der Waals surface area (Å²) in [5.74, 6) is -0.578. The second-order valence-corrected chi connectivity index (χ2v) is 3.86. The van der Waals surface area contributed by atoms with Crippen LogP contribution in [0, 0.1) is 0 Å². The van der Waals surface area contributed by atoms with E-state index in [1.165, 1.54) is 4.57 Å². The first-order chi connectivity index (χ1) is 9.15. The van der Waals surface area contributed by atoms with Gasteiger partial charge in [0, 0.05) is 11.9 Å². The summed E-state index contributed by atoms with van der Waals surface area (Å²) in [6.07, 6.45) is 1.56. The number of hydrogen-bond donors (Lipinski definition) is 1. The van der Waals surface area contributed by atoms with Crippen LogP contribution in [0.3, 0.4) is 0 Å². The van der Waals surface area contributed by atoms with Crippen molar-refractivity contribution in [2.75, 3.05) is 6.61 Å². The maximum atomic E-state index is 12.3. The maximum absolute atomic E-state index is 12.3. The summed E-state index contributed by atoms with van der Waals surface area (Å²) < 4.78 is 6.62. The molecule has 0 bridgehead atoms. The molecule has 0 aliphatic carbocycles. The van der Waals surface area contributed by atoms with Crippen molar-refractivity contribution in [1.82, 2.24) is 4.57 Å². The third kappa shape index (κ3) is 2.49. The molecule has 0 fully saturated rings. The van der Waals surface area contributed by atoms with E-state index in [1.807, 2.05) is 18.2 Å². The number of benzene rings is 1. The smallest absolute Gasteiger partial charge is 0.271 e. The second kappa shape index (κ2) is 5.39. The molecule has 0 saturated carbocycles. The molecular formula is C14H14N2O3. The van der Waals surface area contributed by atoms with Gasteiger partial charge in [-0.25, -0.2) is 0 Å². The maximum Gasteiger partial charge on any atom is 0.271 e. The van der Waals surface area contributed by atoms with Gasteiger partial charge in [-0.3, -0.25) is 14.2 Å². The lowest BCUT2D eigenvalue weighted by molar-refractivity contribution is 0.0994. The van der Waals surface area contributed by atoms with Crippen molar-refractivity contribution in [3.63, 3.8) is 0 Å². The number of pyridine rings is 1. The summed E-state index contributed by atoms with van der Waals surface area (Å²) in [6.45, 7) is 2.13. The standard InChI is InChI=1S/C14H14N2O3/c1-2-19-11-8-9-16(10-6-4-3-5-7-10)14(18)12(11)13(15)17/h3-9H,2H2,1H3,(H2,15,17). The van der Waals surface area contributed by atoms with Crippen LogP contribution in [0.4, 0.5) is 0 Å². The van der Waals surface area contributed by atoms with Crippen molar-refractivity contribution in [3.8, 4) is 11.4 Å². The highest BCUT2D eigenvalue weighted by Crippen LogP contribution is 2.15. The van der Waals surface area contributed by atoms with Crippen molar-refractivity contribution < 1.29 is 9.53 Å². The average molecular weight is 258 g/mol. The van der Waals surface area contributed by atoms with Crippen LogP contribution < -0.4 is 16.0 Å². The molecule has 0 atom stereocenters. The Morgan fingerprint density at radius 1 is 1.26 bits per heavy atom. The molecule has 1 amide bonds. The minimum absolute atomic E-state index is 0.131. The van der Waals surface area contributed by atoms with E-state index in [1.54, 1.807) is 31.3 Å².